The summed E-state index contributed by atoms with van der Waals surface area (Å²) in [5.74, 6) is 0. The minimum Gasteiger partial charge on any atom is -0.407 e. The van der Waals surface area contributed by atoms with Gasteiger partial charge in [0.2, 0.25) is 0 Å². The molecule has 0 aromatic heterocycles. The minimum atomic E-state index is -2.42. The quantitative estimate of drug-likeness (QED) is 0.520. The third-order valence-corrected chi connectivity index (χ3v) is 10.1. The molecule has 0 radical (unpaired) electrons. The lowest BCUT2D eigenvalue weighted by atomic mass is 10.1. The molecule has 0 spiro atoms. The van der Waals surface area contributed by atoms with Gasteiger partial charge in [0.15, 0.2) is 0 Å². The van der Waals surface area contributed by atoms with Crippen molar-refractivity contribution < 1.29 is 9.53 Å². The van der Waals surface area contributed by atoms with E-state index < -0.39 is 8.32 Å². The van der Waals surface area contributed by atoms with Crippen molar-refractivity contribution in [2.75, 3.05) is 6.61 Å². The molecule has 0 unspecified atom stereocenters. The molecule has 0 bridgehead atoms. The monoisotopic (exact) mass is 370 g/mol. The Kier molecular flexibility index (Phi) is 7.63. The van der Waals surface area contributed by atoms with Crippen LogP contribution in [0.5, 0.6) is 0 Å². The van der Waals surface area contributed by atoms with E-state index >= 15 is 0 Å². The van der Waals surface area contributed by atoms with Crippen molar-refractivity contribution >= 4 is 18.7 Å². The Morgan fingerprint density at radius 3 is 1.81 bits per heavy atom. The van der Waals surface area contributed by atoms with Crippen molar-refractivity contribution in [3.05, 3.63) is 60.7 Å². The van der Waals surface area contributed by atoms with E-state index in [-0.39, 0.29) is 11.1 Å². The molecule has 0 fully saturated rings. The molecule has 0 saturated carbocycles. The van der Waals surface area contributed by atoms with E-state index in [0.717, 1.165) is 25.7 Å². The molecule has 0 heterocycles. The first-order chi connectivity index (χ1) is 12.4. The van der Waals surface area contributed by atoms with Gasteiger partial charge >= 0.3 is 0 Å². The summed E-state index contributed by atoms with van der Waals surface area (Å²) in [4.78, 5) is 0. The lowest BCUT2D eigenvalue weighted by Crippen LogP contribution is -2.66. The van der Waals surface area contributed by atoms with Gasteiger partial charge in [-0.2, -0.15) is 0 Å². The highest BCUT2D eigenvalue weighted by atomic mass is 28.4. The van der Waals surface area contributed by atoms with Crippen molar-refractivity contribution in [1.82, 2.24) is 0 Å². The number of aliphatic hydroxyl groups excluding tert-OH is 1. The third-order valence-electron chi connectivity index (χ3n) is 5.04. The van der Waals surface area contributed by atoms with E-state index in [1.54, 1.807) is 0 Å². The van der Waals surface area contributed by atoms with E-state index in [1.165, 1.54) is 10.4 Å². The number of benzene rings is 2. The predicted molar refractivity (Wildman–Crippen MR) is 114 cm³/mol. The van der Waals surface area contributed by atoms with Crippen LogP contribution < -0.4 is 10.4 Å². The van der Waals surface area contributed by atoms with Gasteiger partial charge in [0.1, 0.15) is 0 Å². The molecule has 142 valence electrons. The minimum absolute atomic E-state index is 0.0116. The molecule has 2 rings (SSSR count). The van der Waals surface area contributed by atoms with Crippen LogP contribution in [-0.2, 0) is 4.43 Å². The summed E-state index contributed by atoms with van der Waals surface area (Å²) < 4.78 is 6.82. The molecule has 1 atom stereocenters. The van der Waals surface area contributed by atoms with E-state index in [0.29, 0.717) is 6.61 Å². The highest BCUT2D eigenvalue weighted by Gasteiger charge is 2.49. The standard InChI is InChI=1S/C23H34O2Si/c1-5-13-20(24)14-12-19-25-26(23(2,3)4,21-15-8-6-9-16-21)22-17-10-7-11-18-22/h6-11,15-18,20,24H,5,12-14,19H2,1-4H3/t20-/m0/s1. The van der Waals surface area contributed by atoms with Gasteiger partial charge in [-0.05, 0) is 34.7 Å². The SMILES string of the molecule is CCC[C@H](O)CCCO[Si](c1ccccc1)(c1ccccc1)C(C)(C)C. The fourth-order valence-corrected chi connectivity index (χ4v) is 8.39. The summed E-state index contributed by atoms with van der Waals surface area (Å²) in [5, 5.41) is 12.7. The van der Waals surface area contributed by atoms with Gasteiger partial charge in [-0.3, -0.25) is 0 Å². The first-order valence-corrected chi connectivity index (χ1v) is 11.8. The first kappa shape index (κ1) is 20.9. The highest BCUT2D eigenvalue weighted by Crippen LogP contribution is 2.36. The lowest BCUT2D eigenvalue weighted by Gasteiger charge is -2.43. The smallest absolute Gasteiger partial charge is 0.261 e. The molecule has 2 aromatic carbocycles. The lowest BCUT2D eigenvalue weighted by molar-refractivity contribution is 0.141. The Morgan fingerprint density at radius 1 is 0.885 bits per heavy atom. The average Bonchev–Trinajstić information content (AvgIpc) is 2.62. The van der Waals surface area contributed by atoms with E-state index in [2.05, 4.69) is 88.4 Å². The van der Waals surface area contributed by atoms with Crippen LogP contribution in [0.25, 0.3) is 0 Å². The maximum absolute atomic E-state index is 10.0. The second kappa shape index (κ2) is 9.49. The fourth-order valence-electron chi connectivity index (χ4n) is 3.78. The zero-order valence-corrected chi connectivity index (χ0v) is 17.7. The third kappa shape index (κ3) is 4.85. The summed E-state index contributed by atoms with van der Waals surface area (Å²) >= 11 is 0. The molecule has 0 aliphatic heterocycles. The Hall–Kier alpha value is -1.42. The van der Waals surface area contributed by atoms with Crippen molar-refractivity contribution in [2.45, 2.75) is 64.5 Å². The molecule has 3 heteroatoms. The second-order valence-corrected chi connectivity index (χ2v) is 12.4. The van der Waals surface area contributed by atoms with Crippen LogP contribution in [0.2, 0.25) is 5.04 Å². The number of aliphatic hydroxyl groups is 1. The van der Waals surface area contributed by atoms with Crippen molar-refractivity contribution in [2.24, 2.45) is 0 Å². The average molecular weight is 371 g/mol. The molecule has 0 aliphatic rings. The van der Waals surface area contributed by atoms with Crippen LogP contribution in [0, 0.1) is 0 Å². The van der Waals surface area contributed by atoms with Gasteiger partial charge in [-0.25, -0.2) is 0 Å². The zero-order chi connectivity index (χ0) is 19.0. The van der Waals surface area contributed by atoms with Crippen LogP contribution in [0.15, 0.2) is 60.7 Å². The summed E-state index contributed by atoms with van der Waals surface area (Å²) in [5.41, 5.74) is 0. The maximum atomic E-state index is 10.0. The van der Waals surface area contributed by atoms with Crippen molar-refractivity contribution in [1.29, 1.82) is 0 Å². The van der Waals surface area contributed by atoms with Crippen LogP contribution in [0.4, 0.5) is 0 Å². The van der Waals surface area contributed by atoms with E-state index in [9.17, 15) is 5.11 Å². The van der Waals surface area contributed by atoms with Crippen LogP contribution in [0.1, 0.15) is 53.4 Å². The summed E-state index contributed by atoms with van der Waals surface area (Å²) in [6.07, 6.45) is 3.40. The van der Waals surface area contributed by atoms with Gasteiger partial charge in [0.25, 0.3) is 8.32 Å². The zero-order valence-electron chi connectivity index (χ0n) is 16.7. The van der Waals surface area contributed by atoms with Gasteiger partial charge in [-0.15, -0.1) is 0 Å². The molecule has 26 heavy (non-hydrogen) atoms. The maximum Gasteiger partial charge on any atom is 0.261 e. The number of hydrogen-bond acceptors (Lipinski definition) is 2. The van der Waals surface area contributed by atoms with Crippen LogP contribution >= 0.6 is 0 Å². The summed E-state index contributed by atoms with van der Waals surface area (Å²) in [6, 6.07) is 21.5. The molecule has 2 aromatic rings. The predicted octanol–water partition coefficient (Wildman–Crippen LogP) is 4.50. The van der Waals surface area contributed by atoms with Gasteiger partial charge in [0.05, 0.1) is 6.10 Å². The van der Waals surface area contributed by atoms with Gasteiger partial charge in [-0.1, -0.05) is 94.8 Å². The van der Waals surface area contributed by atoms with Crippen molar-refractivity contribution in [3.8, 4) is 0 Å². The second-order valence-electron chi connectivity index (χ2n) is 8.10. The van der Waals surface area contributed by atoms with Crippen molar-refractivity contribution in [3.63, 3.8) is 0 Å². The fraction of sp³-hybridized carbons (Fsp3) is 0.478. The van der Waals surface area contributed by atoms with E-state index in [1.807, 2.05) is 0 Å². The highest BCUT2D eigenvalue weighted by molar-refractivity contribution is 6.99. The topological polar surface area (TPSA) is 29.5 Å². The van der Waals surface area contributed by atoms with Crippen LogP contribution in [0.3, 0.4) is 0 Å². The largest absolute Gasteiger partial charge is 0.407 e. The molecule has 0 saturated heterocycles. The molecule has 1 N–H and O–H groups in total. The molecule has 2 nitrogen and oxygen atoms in total. The van der Waals surface area contributed by atoms with Gasteiger partial charge in [0, 0.05) is 6.61 Å². The van der Waals surface area contributed by atoms with E-state index in [4.69, 9.17) is 4.43 Å². The Bertz CT molecular complexity index is 595. The number of rotatable bonds is 9. The normalized spacial score (nSPS) is 13.6. The molecular formula is C23H34O2Si. The van der Waals surface area contributed by atoms with Gasteiger partial charge < -0.3 is 9.53 Å². The summed E-state index contributed by atoms with van der Waals surface area (Å²) in [7, 11) is -2.42. The first-order valence-electron chi connectivity index (χ1n) is 9.85. The number of hydrogen-bond donors (Lipinski definition) is 1. The Morgan fingerprint density at radius 2 is 1.38 bits per heavy atom. The molecule has 0 amide bonds. The van der Waals surface area contributed by atoms with Crippen LogP contribution in [-0.4, -0.2) is 26.1 Å². The molecular weight excluding hydrogens is 336 g/mol. The summed E-state index contributed by atoms with van der Waals surface area (Å²) in [6.45, 7) is 9.69. The molecule has 0 aliphatic carbocycles. The Labute approximate surface area is 160 Å². The Balaban J connectivity index is 2.32.